The first-order chi connectivity index (χ1) is 10.7. The zero-order valence-electron chi connectivity index (χ0n) is 12.0. The highest BCUT2D eigenvalue weighted by Crippen LogP contribution is 2.27. The van der Waals surface area contributed by atoms with Crippen molar-refractivity contribution in [3.8, 4) is 17.2 Å². The van der Waals surface area contributed by atoms with Crippen LogP contribution in [0.15, 0.2) is 54.7 Å². The molecule has 112 valence electrons. The molecule has 22 heavy (non-hydrogen) atoms. The average molecular weight is 315 g/mol. The van der Waals surface area contributed by atoms with Gasteiger partial charge in [-0.1, -0.05) is 18.2 Å². The Morgan fingerprint density at radius 2 is 1.82 bits per heavy atom. The zero-order valence-corrected chi connectivity index (χ0v) is 12.8. The lowest BCUT2D eigenvalue weighted by Gasteiger charge is -2.09. The molecule has 0 spiro atoms. The summed E-state index contributed by atoms with van der Waals surface area (Å²) in [7, 11) is 0. The topological polar surface area (TPSA) is 31.4 Å². The Balaban J connectivity index is 1.72. The third-order valence-corrected chi connectivity index (χ3v) is 3.76. The fraction of sp³-hybridized carbons (Fsp3) is 0.118. The summed E-state index contributed by atoms with van der Waals surface area (Å²) >= 11 is 1.56. The number of halogens is 1. The minimum Gasteiger partial charge on any atom is -0.488 e. The SMILES string of the molecule is Cc1ncc(COc2cc(F)cc(Oc3ccccc3)c2)s1. The molecule has 2 aromatic carbocycles. The Morgan fingerprint density at radius 3 is 2.55 bits per heavy atom. The molecule has 0 amide bonds. The smallest absolute Gasteiger partial charge is 0.134 e. The lowest BCUT2D eigenvalue weighted by Crippen LogP contribution is -1.94. The molecule has 5 heteroatoms. The molecule has 3 rings (SSSR count). The number of para-hydroxylation sites is 1. The van der Waals surface area contributed by atoms with Gasteiger partial charge in [0.05, 0.1) is 9.88 Å². The van der Waals surface area contributed by atoms with E-state index in [0.29, 0.717) is 23.9 Å². The van der Waals surface area contributed by atoms with Gasteiger partial charge >= 0.3 is 0 Å². The van der Waals surface area contributed by atoms with Crippen LogP contribution >= 0.6 is 11.3 Å². The van der Waals surface area contributed by atoms with Gasteiger partial charge in [0, 0.05) is 24.4 Å². The quantitative estimate of drug-likeness (QED) is 0.666. The summed E-state index contributed by atoms with van der Waals surface area (Å²) in [4.78, 5) is 5.15. The van der Waals surface area contributed by atoms with E-state index >= 15 is 0 Å². The van der Waals surface area contributed by atoms with Gasteiger partial charge in [0.25, 0.3) is 0 Å². The standard InChI is InChI=1S/C17H14FNO2S/c1-12-19-10-17(22-12)11-20-15-7-13(18)8-16(9-15)21-14-5-3-2-4-6-14/h2-10H,11H2,1H3. The highest BCUT2D eigenvalue weighted by Gasteiger charge is 2.06. The number of aryl methyl sites for hydroxylation is 1. The van der Waals surface area contributed by atoms with E-state index < -0.39 is 5.82 Å². The van der Waals surface area contributed by atoms with Gasteiger partial charge in [-0.3, -0.25) is 0 Å². The summed E-state index contributed by atoms with van der Waals surface area (Å²) in [5.74, 6) is 1.08. The largest absolute Gasteiger partial charge is 0.488 e. The van der Waals surface area contributed by atoms with Crippen molar-refractivity contribution >= 4 is 11.3 Å². The van der Waals surface area contributed by atoms with Gasteiger partial charge in [0.2, 0.25) is 0 Å². The molecule has 0 aliphatic rings. The summed E-state index contributed by atoms with van der Waals surface area (Å²) in [6.45, 7) is 2.29. The van der Waals surface area contributed by atoms with Crippen LogP contribution in [-0.4, -0.2) is 4.98 Å². The first kappa shape index (κ1) is 14.5. The second-order valence-corrected chi connectivity index (χ2v) is 5.99. The predicted molar refractivity (Wildman–Crippen MR) is 84.1 cm³/mol. The highest BCUT2D eigenvalue weighted by atomic mass is 32.1. The molecule has 0 aliphatic heterocycles. The van der Waals surface area contributed by atoms with Crippen LogP contribution in [0.5, 0.6) is 17.2 Å². The average Bonchev–Trinajstić information content (AvgIpc) is 2.91. The van der Waals surface area contributed by atoms with Gasteiger partial charge in [0.15, 0.2) is 0 Å². The van der Waals surface area contributed by atoms with E-state index in [-0.39, 0.29) is 0 Å². The number of benzene rings is 2. The maximum absolute atomic E-state index is 13.7. The normalized spacial score (nSPS) is 10.5. The molecule has 0 N–H and O–H groups in total. The monoisotopic (exact) mass is 315 g/mol. The Kier molecular flexibility index (Phi) is 4.34. The van der Waals surface area contributed by atoms with E-state index in [4.69, 9.17) is 9.47 Å². The fourth-order valence-electron chi connectivity index (χ4n) is 1.93. The van der Waals surface area contributed by atoms with Crippen LogP contribution in [0.25, 0.3) is 0 Å². The lowest BCUT2D eigenvalue weighted by molar-refractivity contribution is 0.306. The van der Waals surface area contributed by atoms with E-state index in [1.165, 1.54) is 12.1 Å². The highest BCUT2D eigenvalue weighted by molar-refractivity contribution is 7.11. The van der Waals surface area contributed by atoms with Gasteiger partial charge in [-0.25, -0.2) is 9.37 Å². The van der Waals surface area contributed by atoms with Crippen molar-refractivity contribution in [3.05, 3.63) is 70.4 Å². The van der Waals surface area contributed by atoms with Gasteiger partial charge in [-0.15, -0.1) is 11.3 Å². The molecule has 0 saturated carbocycles. The molecular weight excluding hydrogens is 301 g/mol. The van der Waals surface area contributed by atoms with Crippen LogP contribution in [0, 0.1) is 12.7 Å². The van der Waals surface area contributed by atoms with Crippen molar-refractivity contribution in [2.75, 3.05) is 0 Å². The number of hydrogen-bond donors (Lipinski definition) is 0. The van der Waals surface area contributed by atoms with E-state index in [0.717, 1.165) is 9.88 Å². The summed E-state index contributed by atoms with van der Waals surface area (Å²) in [5, 5.41) is 0.978. The van der Waals surface area contributed by atoms with Crippen molar-refractivity contribution in [2.45, 2.75) is 13.5 Å². The lowest BCUT2D eigenvalue weighted by atomic mass is 10.3. The summed E-state index contributed by atoms with van der Waals surface area (Å²) in [6.07, 6.45) is 1.76. The number of nitrogens with zero attached hydrogens (tertiary/aromatic N) is 1. The Morgan fingerprint density at radius 1 is 1.05 bits per heavy atom. The number of ether oxygens (including phenoxy) is 2. The van der Waals surface area contributed by atoms with Gasteiger partial charge < -0.3 is 9.47 Å². The number of hydrogen-bond acceptors (Lipinski definition) is 4. The van der Waals surface area contributed by atoms with Gasteiger partial charge in [-0.05, 0) is 19.1 Å². The third kappa shape index (κ3) is 3.83. The first-order valence-corrected chi connectivity index (χ1v) is 7.58. The Labute approximate surface area is 132 Å². The third-order valence-electron chi connectivity index (χ3n) is 2.87. The van der Waals surface area contributed by atoms with Gasteiger partial charge in [0.1, 0.15) is 29.7 Å². The summed E-state index contributed by atoms with van der Waals surface area (Å²) in [5.41, 5.74) is 0. The van der Waals surface area contributed by atoms with Crippen molar-refractivity contribution < 1.29 is 13.9 Å². The Bertz CT molecular complexity index is 758. The number of thiazole rings is 1. The molecule has 0 radical (unpaired) electrons. The van der Waals surface area contributed by atoms with Crippen molar-refractivity contribution in [3.63, 3.8) is 0 Å². The molecule has 0 atom stereocenters. The number of rotatable bonds is 5. The van der Waals surface area contributed by atoms with E-state index in [9.17, 15) is 4.39 Å². The minimum absolute atomic E-state index is 0.361. The molecule has 0 saturated heterocycles. The molecule has 3 aromatic rings. The van der Waals surface area contributed by atoms with E-state index in [1.54, 1.807) is 23.6 Å². The fourth-order valence-corrected chi connectivity index (χ4v) is 2.64. The molecule has 0 bridgehead atoms. The molecule has 0 aliphatic carbocycles. The van der Waals surface area contributed by atoms with Crippen LogP contribution in [-0.2, 0) is 6.61 Å². The maximum Gasteiger partial charge on any atom is 0.134 e. The predicted octanol–water partition coefficient (Wildman–Crippen LogP) is 4.96. The van der Waals surface area contributed by atoms with Crippen LogP contribution in [0.4, 0.5) is 4.39 Å². The minimum atomic E-state index is -0.399. The number of aromatic nitrogens is 1. The van der Waals surface area contributed by atoms with Crippen LogP contribution in [0.1, 0.15) is 9.88 Å². The van der Waals surface area contributed by atoms with Crippen LogP contribution in [0.2, 0.25) is 0 Å². The zero-order chi connectivity index (χ0) is 15.4. The van der Waals surface area contributed by atoms with E-state index in [1.807, 2.05) is 37.3 Å². The molecule has 0 fully saturated rings. The van der Waals surface area contributed by atoms with Gasteiger partial charge in [-0.2, -0.15) is 0 Å². The first-order valence-electron chi connectivity index (χ1n) is 6.77. The molecule has 1 heterocycles. The summed E-state index contributed by atoms with van der Waals surface area (Å²) in [6, 6.07) is 13.6. The Hall–Kier alpha value is -2.40. The second kappa shape index (κ2) is 6.58. The maximum atomic E-state index is 13.7. The van der Waals surface area contributed by atoms with Crippen LogP contribution < -0.4 is 9.47 Å². The molecular formula is C17H14FNO2S. The van der Waals surface area contributed by atoms with Crippen LogP contribution in [0.3, 0.4) is 0 Å². The molecule has 3 nitrogen and oxygen atoms in total. The van der Waals surface area contributed by atoms with E-state index in [2.05, 4.69) is 4.98 Å². The second-order valence-electron chi connectivity index (χ2n) is 4.67. The molecule has 1 aromatic heterocycles. The van der Waals surface area contributed by atoms with Crippen molar-refractivity contribution in [1.82, 2.24) is 4.98 Å². The van der Waals surface area contributed by atoms with Crippen molar-refractivity contribution in [2.24, 2.45) is 0 Å². The molecule has 0 unspecified atom stereocenters. The van der Waals surface area contributed by atoms with Crippen molar-refractivity contribution in [1.29, 1.82) is 0 Å². The summed E-state index contributed by atoms with van der Waals surface area (Å²) < 4.78 is 24.9.